The molecule has 36 heavy (non-hydrogen) atoms. The van der Waals surface area contributed by atoms with Gasteiger partial charge in [0, 0.05) is 31.7 Å². The van der Waals surface area contributed by atoms with Gasteiger partial charge in [-0.3, -0.25) is 24.0 Å². The van der Waals surface area contributed by atoms with E-state index in [2.05, 4.69) is 0 Å². The summed E-state index contributed by atoms with van der Waals surface area (Å²) in [4.78, 5) is 68.4. The quantitative estimate of drug-likeness (QED) is 0.293. The molecule has 11 heteroatoms. The number of primary amides is 1. The van der Waals surface area contributed by atoms with Gasteiger partial charge in [0.1, 0.15) is 11.7 Å². The molecule has 5 N–H and O–H groups in total. The normalized spacial score (nSPS) is 33.6. The third-order valence-electron chi connectivity index (χ3n) is 8.13. The molecule has 3 aliphatic carbocycles. The first-order valence-corrected chi connectivity index (χ1v) is 11.7. The topological polar surface area (TPSA) is 179 Å². The molecular weight excluding hydrogens is 470 g/mol. The fraction of sp³-hybridized carbons (Fsp3) is 0.560. The Labute approximate surface area is 207 Å². The summed E-state index contributed by atoms with van der Waals surface area (Å²) < 4.78 is 0. The Morgan fingerprint density at radius 1 is 1.11 bits per heavy atom. The highest BCUT2D eigenvalue weighted by Gasteiger charge is 2.69. The number of carbonyl (C=O) groups is 5. The lowest BCUT2D eigenvalue weighted by atomic mass is 9.52. The molecule has 0 aromatic heterocycles. The number of phenolic OH excluding ortho intramolecular Hbond substituents is 1. The van der Waals surface area contributed by atoms with E-state index in [4.69, 9.17) is 5.73 Å². The smallest absolute Gasteiger partial charge is 0.230 e. The van der Waals surface area contributed by atoms with Crippen LogP contribution in [-0.2, 0) is 20.8 Å². The van der Waals surface area contributed by atoms with Crippen molar-refractivity contribution in [3.05, 3.63) is 22.8 Å². The van der Waals surface area contributed by atoms with Crippen LogP contribution in [0.2, 0.25) is 0 Å². The van der Waals surface area contributed by atoms with Gasteiger partial charge in [0.25, 0.3) is 0 Å². The van der Waals surface area contributed by atoms with Gasteiger partial charge in [-0.1, -0.05) is 0 Å². The van der Waals surface area contributed by atoms with Crippen molar-refractivity contribution in [2.75, 3.05) is 33.1 Å². The highest BCUT2D eigenvalue weighted by molar-refractivity contribution is 6.26. The van der Waals surface area contributed by atoms with Crippen molar-refractivity contribution >= 4 is 34.7 Å². The molecule has 1 aromatic carbocycles. The second kappa shape index (κ2) is 8.46. The Bertz CT molecular complexity index is 1210. The van der Waals surface area contributed by atoms with Crippen LogP contribution in [0.1, 0.15) is 39.6 Å². The van der Waals surface area contributed by atoms with Crippen LogP contribution in [-0.4, -0.2) is 95.2 Å². The summed E-state index contributed by atoms with van der Waals surface area (Å²) in [7, 11) is 6.62. The van der Waals surface area contributed by atoms with Gasteiger partial charge in [0.05, 0.1) is 23.1 Å². The SMILES string of the molecule is CC(=O)c1cc(N(C)C)c2c(c1O)C(=O)C1C(=O)[C@@]3(O)C(=O)C(C(N)=O)C(O)C(N(C)C)[C@H]3C[C@H]1C2. The summed E-state index contributed by atoms with van der Waals surface area (Å²) in [5.41, 5.74) is 3.39. The molecule has 7 atom stereocenters. The number of hydrogen-bond acceptors (Lipinski definition) is 10. The van der Waals surface area contributed by atoms with Gasteiger partial charge in [-0.15, -0.1) is 0 Å². The number of rotatable bonds is 4. The lowest BCUT2D eigenvalue weighted by Gasteiger charge is -2.55. The molecule has 2 saturated carbocycles. The number of nitrogens with zero attached hydrogens (tertiary/aromatic N) is 2. The second-order valence-electron chi connectivity index (χ2n) is 10.6. The molecule has 2 fully saturated rings. The maximum Gasteiger partial charge on any atom is 0.230 e. The molecule has 11 nitrogen and oxygen atoms in total. The predicted molar refractivity (Wildman–Crippen MR) is 127 cm³/mol. The van der Waals surface area contributed by atoms with Crippen molar-refractivity contribution in [1.29, 1.82) is 0 Å². The van der Waals surface area contributed by atoms with Gasteiger partial charge < -0.3 is 30.9 Å². The number of amides is 1. The van der Waals surface area contributed by atoms with E-state index in [-0.39, 0.29) is 24.0 Å². The zero-order valence-corrected chi connectivity index (χ0v) is 20.8. The van der Waals surface area contributed by atoms with Gasteiger partial charge >= 0.3 is 0 Å². The number of hydrogen-bond donors (Lipinski definition) is 4. The summed E-state index contributed by atoms with van der Waals surface area (Å²) in [6.07, 6.45) is -1.37. The van der Waals surface area contributed by atoms with Crippen LogP contribution in [0.25, 0.3) is 0 Å². The van der Waals surface area contributed by atoms with Crippen molar-refractivity contribution in [2.45, 2.75) is 37.5 Å². The number of aromatic hydroxyl groups is 1. The first kappa shape index (κ1) is 25.9. The zero-order valence-electron chi connectivity index (χ0n) is 20.8. The molecule has 4 rings (SSSR count). The first-order chi connectivity index (χ1) is 16.7. The molecule has 0 radical (unpaired) electrons. The maximum absolute atomic E-state index is 13.8. The van der Waals surface area contributed by atoms with Gasteiger partial charge in [0.15, 0.2) is 28.7 Å². The molecule has 0 saturated heterocycles. The predicted octanol–water partition coefficient (Wildman–Crippen LogP) is -1.07. The number of likely N-dealkylation sites (N-methyl/N-ethyl adjacent to an activating group) is 1. The zero-order chi connectivity index (χ0) is 27.0. The van der Waals surface area contributed by atoms with Gasteiger partial charge in [-0.05, 0) is 51.4 Å². The summed E-state index contributed by atoms with van der Waals surface area (Å²) in [5.74, 6) is -10.3. The Morgan fingerprint density at radius 3 is 2.22 bits per heavy atom. The number of carbonyl (C=O) groups excluding carboxylic acids is 5. The Morgan fingerprint density at radius 2 is 1.72 bits per heavy atom. The number of ketones is 4. The van der Waals surface area contributed by atoms with Crippen molar-refractivity contribution < 1.29 is 39.3 Å². The molecular formula is C25H31N3O8. The molecule has 1 amide bonds. The number of aliphatic hydroxyl groups excluding tert-OH is 1. The van der Waals surface area contributed by atoms with Crippen LogP contribution in [0.4, 0.5) is 5.69 Å². The van der Waals surface area contributed by atoms with E-state index in [9.17, 15) is 39.3 Å². The summed E-state index contributed by atoms with van der Waals surface area (Å²) in [5, 5.41) is 33.4. The number of nitrogens with two attached hydrogens (primary N) is 1. The van der Waals surface area contributed by atoms with E-state index in [0.717, 1.165) is 0 Å². The standard InChI is InChI=1S/C25H31N3O8/c1-9(29)11-8-14(27(2)3)12-6-10-7-13-18(28(4)5)21(32)17(24(26)35)23(34)25(13,36)22(33)15(10)20(31)16(12)19(11)30/h8,10,13,15,17-18,21,30,32,36H,6-7H2,1-5H3,(H2,26,35)/t10-,13-,15?,17?,18?,21?,25-/m1/s1. The van der Waals surface area contributed by atoms with Crippen LogP contribution in [0.3, 0.4) is 0 Å². The number of benzene rings is 1. The van der Waals surface area contributed by atoms with Crippen molar-refractivity contribution in [1.82, 2.24) is 4.90 Å². The molecule has 1 aromatic rings. The lowest BCUT2D eigenvalue weighted by Crippen LogP contribution is -2.75. The number of anilines is 1. The molecule has 3 aliphatic rings. The van der Waals surface area contributed by atoms with E-state index in [1.54, 1.807) is 33.1 Å². The highest BCUT2D eigenvalue weighted by Crippen LogP contribution is 2.52. The van der Waals surface area contributed by atoms with E-state index in [0.29, 0.717) is 11.3 Å². The van der Waals surface area contributed by atoms with Crippen LogP contribution in [0, 0.1) is 23.7 Å². The minimum atomic E-state index is -2.72. The summed E-state index contributed by atoms with van der Waals surface area (Å²) in [6.45, 7) is 1.24. The average Bonchev–Trinajstić information content (AvgIpc) is 2.75. The Kier molecular flexibility index (Phi) is 6.09. The van der Waals surface area contributed by atoms with E-state index < -0.39 is 76.2 Å². The van der Waals surface area contributed by atoms with Crippen LogP contribution >= 0.6 is 0 Å². The molecule has 0 heterocycles. The fourth-order valence-corrected chi connectivity index (χ4v) is 6.54. The summed E-state index contributed by atoms with van der Waals surface area (Å²) in [6, 6.07) is 0.535. The number of Topliss-reactive ketones (excluding diaryl/α,β-unsaturated/α-hetero) is 4. The highest BCUT2D eigenvalue weighted by atomic mass is 16.3. The number of aliphatic hydroxyl groups is 2. The van der Waals surface area contributed by atoms with Crippen LogP contribution in [0.15, 0.2) is 6.07 Å². The third-order valence-corrected chi connectivity index (χ3v) is 8.13. The van der Waals surface area contributed by atoms with E-state index in [1.165, 1.54) is 17.9 Å². The minimum absolute atomic E-state index is 0.0251. The third kappa shape index (κ3) is 3.33. The summed E-state index contributed by atoms with van der Waals surface area (Å²) >= 11 is 0. The monoisotopic (exact) mass is 501 g/mol. The van der Waals surface area contributed by atoms with E-state index in [1.807, 2.05) is 0 Å². The molecule has 0 spiro atoms. The van der Waals surface area contributed by atoms with Crippen molar-refractivity contribution in [2.24, 2.45) is 29.4 Å². The van der Waals surface area contributed by atoms with Crippen LogP contribution in [0.5, 0.6) is 5.75 Å². The second-order valence-corrected chi connectivity index (χ2v) is 10.6. The average molecular weight is 502 g/mol. The fourth-order valence-electron chi connectivity index (χ4n) is 6.54. The molecule has 194 valence electrons. The number of phenols is 1. The van der Waals surface area contributed by atoms with Gasteiger partial charge in [-0.25, -0.2) is 0 Å². The Balaban J connectivity index is 1.92. The van der Waals surface area contributed by atoms with Crippen molar-refractivity contribution in [3.63, 3.8) is 0 Å². The van der Waals surface area contributed by atoms with Gasteiger partial charge in [0.2, 0.25) is 5.91 Å². The van der Waals surface area contributed by atoms with Gasteiger partial charge in [-0.2, -0.15) is 0 Å². The molecule has 0 aliphatic heterocycles. The molecule has 4 unspecified atom stereocenters. The lowest BCUT2D eigenvalue weighted by molar-refractivity contribution is -0.190. The Hall–Kier alpha value is -3.15. The maximum atomic E-state index is 13.8. The largest absolute Gasteiger partial charge is 0.506 e. The number of fused-ring (bicyclic) bond motifs is 3. The minimum Gasteiger partial charge on any atom is -0.506 e. The first-order valence-electron chi connectivity index (χ1n) is 11.7. The van der Waals surface area contributed by atoms with Crippen LogP contribution < -0.4 is 10.6 Å². The van der Waals surface area contributed by atoms with E-state index >= 15 is 0 Å². The van der Waals surface area contributed by atoms with Crippen molar-refractivity contribution in [3.8, 4) is 5.75 Å². The molecule has 0 bridgehead atoms.